The first-order chi connectivity index (χ1) is 7.66. The number of halogens is 1. The molecule has 1 aromatic heterocycles. The summed E-state index contributed by atoms with van der Waals surface area (Å²) in [6.45, 7) is 0. The Kier molecular flexibility index (Phi) is 3.16. The molecular formula is C9H5BrN2O3S. The topological polar surface area (TPSA) is 72.3 Å². The van der Waals surface area contributed by atoms with Gasteiger partial charge in [-0.3, -0.25) is 0 Å². The average Bonchev–Trinajstić information content (AvgIpc) is 2.73. The maximum Gasteiger partial charge on any atom is 0.335 e. The third kappa shape index (κ3) is 2.37. The Balaban J connectivity index is 2.32. The molecule has 1 N–H and O–H groups in total. The molecule has 0 saturated heterocycles. The largest absolute Gasteiger partial charge is 0.478 e. The predicted octanol–water partition coefficient (Wildman–Crippen LogP) is 2.79. The van der Waals surface area contributed by atoms with Gasteiger partial charge in [0.15, 0.2) is 0 Å². The number of hydrogen-bond acceptors (Lipinski definition) is 5. The van der Waals surface area contributed by atoms with Crippen LogP contribution in [-0.4, -0.2) is 20.4 Å². The van der Waals surface area contributed by atoms with Crippen LogP contribution < -0.4 is 4.74 Å². The van der Waals surface area contributed by atoms with Gasteiger partial charge in [0, 0.05) is 11.5 Å². The van der Waals surface area contributed by atoms with Crippen molar-refractivity contribution in [3.05, 3.63) is 34.6 Å². The molecule has 0 fully saturated rings. The number of carbonyl (C=O) groups is 1. The highest BCUT2D eigenvalue weighted by molar-refractivity contribution is 9.10. The van der Waals surface area contributed by atoms with Crippen LogP contribution >= 0.6 is 27.5 Å². The molecule has 0 aliphatic heterocycles. The molecule has 0 aliphatic rings. The highest BCUT2D eigenvalue weighted by atomic mass is 79.9. The lowest BCUT2D eigenvalue weighted by Gasteiger charge is -2.04. The van der Waals surface area contributed by atoms with Crippen LogP contribution in [0, 0.1) is 0 Å². The number of hydrogen-bond donors (Lipinski definition) is 1. The van der Waals surface area contributed by atoms with Gasteiger partial charge >= 0.3 is 5.97 Å². The summed E-state index contributed by atoms with van der Waals surface area (Å²) in [5.74, 6) is -0.605. The lowest BCUT2D eigenvalue weighted by atomic mass is 10.2. The number of carboxylic acid groups (broad SMARTS) is 1. The number of ether oxygens (including phenoxy) is 1. The van der Waals surface area contributed by atoms with E-state index >= 15 is 0 Å². The molecule has 16 heavy (non-hydrogen) atoms. The molecule has 0 amide bonds. The van der Waals surface area contributed by atoms with Crippen molar-refractivity contribution < 1.29 is 14.6 Å². The Morgan fingerprint density at radius 1 is 1.50 bits per heavy atom. The van der Waals surface area contributed by atoms with E-state index in [1.165, 1.54) is 18.5 Å². The number of carboxylic acids is 1. The second kappa shape index (κ2) is 4.58. The third-order valence-electron chi connectivity index (χ3n) is 1.72. The lowest BCUT2D eigenvalue weighted by molar-refractivity contribution is 0.0696. The van der Waals surface area contributed by atoms with Crippen LogP contribution in [-0.2, 0) is 0 Å². The first kappa shape index (κ1) is 11.0. The first-order valence-electron chi connectivity index (χ1n) is 4.14. The summed E-state index contributed by atoms with van der Waals surface area (Å²) in [4.78, 5) is 14.6. The van der Waals surface area contributed by atoms with Crippen molar-refractivity contribution in [2.75, 3.05) is 0 Å². The maximum absolute atomic E-state index is 10.8. The summed E-state index contributed by atoms with van der Waals surface area (Å²) in [5.41, 5.74) is 0.155. The fourth-order valence-corrected chi connectivity index (χ4v) is 1.75. The van der Waals surface area contributed by atoms with Gasteiger partial charge in [-0.15, -0.1) is 0 Å². The zero-order valence-electron chi connectivity index (χ0n) is 7.75. The van der Waals surface area contributed by atoms with E-state index in [0.717, 1.165) is 11.5 Å². The van der Waals surface area contributed by atoms with E-state index in [-0.39, 0.29) is 5.56 Å². The Labute approximate surface area is 103 Å². The highest BCUT2D eigenvalue weighted by Crippen LogP contribution is 2.30. The summed E-state index contributed by atoms with van der Waals surface area (Å²) in [6.07, 6.45) is 1.37. The minimum Gasteiger partial charge on any atom is -0.478 e. The van der Waals surface area contributed by atoms with Crippen molar-refractivity contribution in [1.82, 2.24) is 9.36 Å². The van der Waals surface area contributed by atoms with Gasteiger partial charge in [0.25, 0.3) is 5.19 Å². The van der Waals surface area contributed by atoms with Gasteiger partial charge in [0.2, 0.25) is 0 Å². The highest BCUT2D eigenvalue weighted by Gasteiger charge is 2.09. The SMILES string of the molecule is O=C(O)c1ccc(Br)c(Oc2ncns2)c1. The molecule has 0 unspecified atom stereocenters. The van der Waals surface area contributed by atoms with Gasteiger partial charge in [0.1, 0.15) is 12.1 Å². The zero-order chi connectivity index (χ0) is 11.5. The normalized spacial score (nSPS) is 10.1. The fourth-order valence-electron chi connectivity index (χ4n) is 1.02. The van der Waals surface area contributed by atoms with E-state index in [4.69, 9.17) is 9.84 Å². The molecule has 1 aromatic carbocycles. The van der Waals surface area contributed by atoms with E-state index in [1.54, 1.807) is 6.07 Å². The standard InChI is InChI=1S/C9H5BrN2O3S/c10-6-2-1-5(8(13)14)3-7(6)15-9-11-4-12-16-9/h1-4H,(H,13,14). The van der Waals surface area contributed by atoms with E-state index in [2.05, 4.69) is 25.3 Å². The van der Waals surface area contributed by atoms with Crippen molar-refractivity contribution in [2.45, 2.75) is 0 Å². The minimum atomic E-state index is -1.00. The Morgan fingerprint density at radius 3 is 2.94 bits per heavy atom. The maximum atomic E-state index is 10.8. The Morgan fingerprint density at radius 2 is 2.31 bits per heavy atom. The monoisotopic (exact) mass is 300 g/mol. The quantitative estimate of drug-likeness (QED) is 0.943. The van der Waals surface area contributed by atoms with E-state index in [9.17, 15) is 4.79 Å². The van der Waals surface area contributed by atoms with Gasteiger partial charge in [-0.05, 0) is 34.1 Å². The minimum absolute atomic E-state index is 0.155. The third-order valence-corrected chi connectivity index (χ3v) is 2.92. The van der Waals surface area contributed by atoms with Gasteiger partial charge < -0.3 is 9.84 Å². The van der Waals surface area contributed by atoms with Crippen LogP contribution in [0.1, 0.15) is 10.4 Å². The number of rotatable bonds is 3. The average molecular weight is 301 g/mol. The second-order valence-corrected chi connectivity index (χ2v) is 4.36. The van der Waals surface area contributed by atoms with Crippen LogP contribution in [0.25, 0.3) is 0 Å². The van der Waals surface area contributed by atoms with Gasteiger partial charge in [0.05, 0.1) is 10.0 Å². The van der Waals surface area contributed by atoms with Crippen molar-refractivity contribution >= 4 is 33.4 Å². The predicted molar refractivity (Wildman–Crippen MR) is 61.1 cm³/mol. The van der Waals surface area contributed by atoms with Crippen molar-refractivity contribution in [1.29, 1.82) is 0 Å². The summed E-state index contributed by atoms with van der Waals surface area (Å²) in [7, 11) is 0. The van der Waals surface area contributed by atoms with Crippen LogP contribution in [0.3, 0.4) is 0 Å². The molecule has 0 bridgehead atoms. The molecule has 0 aliphatic carbocycles. The van der Waals surface area contributed by atoms with Crippen LogP contribution in [0.5, 0.6) is 10.9 Å². The van der Waals surface area contributed by atoms with E-state index in [0.29, 0.717) is 15.4 Å². The molecule has 0 atom stereocenters. The fraction of sp³-hybridized carbons (Fsp3) is 0. The molecule has 7 heteroatoms. The summed E-state index contributed by atoms with van der Waals surface area (Å²) in [6, 6.07) is 4.52. The van der Waals surface area contributed by atoms with Crippen LogP contribution in [0.4, 0.5) is 0 Å². The number of aromatic carboxylic acids is 1. The summed E-state index contributed by atoms with van der Waals surface area (Å²) in [5, 5.41) is 9.19. The number of aromatic nitrogens is 2. The van der Waals surface area contributed by atoms with Crippen molar-refractivity contribution in [3.63, 3.8) is 0 Å². The van der Waals surface area contributed by atoms with E-state index in [1.807, 2.05) is 0 Å². The molecule has 2 rings (SSSR count). The summed E-state index contributed by atoms with van der Waals surface area (Å²) >= 11 is 4.35. The smallest absolute Gasteiger partial charge is 0.335 e. The van der Waals surface area contributed by atoms with Gasteiger partial charge in [-0.1, -0.05) is 0 Å². The molecule has 0 radical (unpaired) electrons. The summed E-state index contributed by atoms with van der Waals surface area (Å²) < 4.78 is 9.81. The van der Waals surface area contributed by atoms with Crippen LogP contribution in [0.2, 0.25) is 0 Å². The molecule has 1 heterocycles. The molecule has 0 spiro atoms. The number of benzene rings is 1. The van der Waals surface area contributed by atoms with Gasteiger partial charge in [-0.25, -0.2) is 4.79 Å². The molecule has 5 nitrogen and oxygen atoms in total. The molecular weight excluding hydrogens is 296 g/mol. The van der Waals surface area contributed by atoms with Crippen LogP contribution in [0.15, 0.2) is 29.0 Å². The zero-order valence-corrected chi connectivity index (χ0v) is 10.2. The van der Waals surface area contributed by atoms with Crippen molar-refractivity contribution in [3.8, 4) is 10.9 Å². The number of nitrogens with zero attached hydrogens (tertiary/aromatic N) is 2. The molecule has 0 saturated carbocycles. The van der Waals surface area contributed by atoms with Crippen molar-refractivity contribution in [2.24, 2.45) is 0 Å². The molecule has 82 valence electrons. The second-order valence-electron chi connectivity index (χ2n) is 2.76. The lowest BCUT2D eigenvalue weighted by Crippen LogP contribution is -1.96. The first-order valence-corrected chi connectivity index (χ1v) is 5.71. The Bertz CT molecular complexity index is 515. The molecule has 2 aromatic rings. The Hall–Kier alpha value is -1.47. The van der Waals surface area contributed by atoms with Gasteiger partial charge in [-0.2, -0.15) is 9.36 Å². The van der Waals surface area contributed by atoms with E-state index < -0.39 is 5.97 Å².